The highest BCUT2D eigenvalue weighted by Gasteiger charge is 2.17. The van der Waals surface area contributed by atoms with Gasteiger partial charge in [-0.3, -0.25) is 14.5 Å². The molecule has 33 heavy (non-hydrogen) atoms. The number of nitrogens with one attached hydrogen (secondary N) is 1. The molecule has 3 N–H and O–H groups in total. The Morgan fingerprint density at radius 1 is 1.27 bits per heavy atom. The van der Waals surface area contributed by atoms with Crippen molar-refractivity contribution < 1.29 is 9.53 Å². The van der Waals surface area contributed by atoms with E-state index in [0.29, 0.717) is 11.6 Å². The van der Waals surface area contributed by atoms with Crippen molar-refractivity contribution in [2.75, 3.05) is 38.2 Å². The van der Waals surface area contributed by atoms with Crippen LogP contribution in [-0.2, 0) is 11.2 Å². The molecule has 9 nitrogen and oxygen atoms in total. The number of nitrogens with two attached hydrogens (primary N) is 1. The number of carbonyl (C=O) groups is 1. The van der Waals surface area contributed by atoms with Crippen LogP contribution in [0.2, 0.25) is 0 Å². The molecule has 1 aliphatic rings. The van der Waals surface area contributed by atoms with Crippen molar-refractivity contribution in [1.29, 1.82) is 0 Å². The number of anilines is 2. The number of aromatic nitrogens is 3. The Balaban J connectivity index is 1.52. The van der Waals surface area contributed by atoms with E-state index >= 15 is 0 Å². The second-order valence-corrected chi connectivity index (χ2v) is 8.55. The van der Waals surface area contributed by atoms with Gasteiger partial charge in [-0.05, 0) is 50.9 Å². The van der Waals surface area contributed by atoms with Crippen molar-refractivity contribution in [3.05, 3.63) is 58.0 Å². The summed E-state index contributed by atoms with van der Waals surface area (Å²) in [4.78, 5) is 35.7. The summed E-state index contributed by atoms with van der Waals surface area (Å²) in [5.74, 6) is -0.377. The number of hydrogen-bond acceptors (Lipinski definition) is 7. The molecular formula is C24H30N6O3. The third kappa shape index (κ3) is 5.37. The first-order chi connectivity index (χ1) is 15.9. The molecule has 1 amide bonds. The van der Waals surface area contributed by atoms with Crippen LogP contribution in [0.1, 0.15) is 42.2 Å². The second kappa shape index (κ2) is 10.1. The van der Waals surface area contributed by atoms with E-state index in [2.05, 4.69) is 32.3 Å². The summed E-state index contributed by atoms with van der Waals surface area (Å²) in [6.07, 6.45) is 4.99. The Morgan fingerprint density at radius 3 is 2.79 bits per heavy atom. The van der Waals surface area contributed by atoms with Crippen molar-refractivity contribution in [1.82, 2.24) is 19.4 Å². The lowest BCUT2D eigenvalue weighted by molar-refractivity contribution is 0.0375. The average molecular weight is 451 g/mol. The van der Waals surface area contributed by atoms with Crippen LogP contribution < -0.4 is 16.5 Å². The minimum atomic E-state index is -0.760. The smallest absolute Gasteiger partial charge is 0.254 e. The summed E-state index contributed by atoms with van der Waals surface area (Å²) >= 11 is 0. The van der Waals surface area contributed by atoms with Gasteiger partial charge in [0.05, 0.1) is 18.6 Å². The summed E-state index contributed by atoms with van der Waals surface area (Å²) in [5, 5.41) is 3.51. The molecule has 4 rings (SSSR count). The molecule has 2 aromatic heterocycles. The van der Waals surface area contributed by atoms with Gasteiger partial charge < -0.3 is 20.4 Å². The largest absolute Gasteiger partial charge is 0.379 e. The van der Waals surface area contributed by atoms with Gasteiger partial charge >= 0.3 is 0 Å². The summed E-state index contributed by atoms with van der Waals surface area (Å²) in [7, 11) is 0. The van der Waals surface area contributed by atoms with Gasteiger partial charge in [-0.25, -0.2) is 4.98 Å². The Bertz CT molecular complexity index is 1200. The van der Waals surface area contributed by atoms with E-state index in [1.54, 1.807) is 4.57 Å². The monoisotopic (exact) mass is 450 g/mol. The third-order valence-electron chi connectivity index (χ3n) is 5.82. The molecule has 1 saturated heterocycles. The Labute approximate surface area is 192 Å². The summed E-state index contributed by atoms with van der Waals surface area (Å²) in [6.45, 7) is 8.61. The maximum atomic E-state index is 12.6. The van der Waals surface area contributed by atoms with E-state index in [1.165, 1.54) is 18.0 Å². The number of ether oxygens (including phenoxy) is 1. The molecule has 1 aromatic carbocycles. The maximum absolute atomic E-state index is 12.6. The molecule has 0 radical (unpaired) electrons. The zero-order valence-electron chi connectivity index (χ0n) is 19.1. The number of carbonyl (C=O) groups excluding carboxylic acids is 1. The molecule has 0 bridgehead atoms. The van der Waals surface area contributed by atoms with Crippen LogP contribution in [0.3, 0.4) is 0 Å². The molecule has 3 aromatic rings. The normalized spacial score (nSPS) is 14.6. The number of nitrogens with zero attached hydrogens (tertiary/aromatic N) is 4. The van der Waals surface area contributed by atoms with Gasteiger partial charge in [0.1, 0.15) is 11.2 Å². The minimum Gasteiger partial charge on any atom is -0.379 e. The first-order valence-corrected chi connectivity index (χ1v) is 11.3. The van der Waals surface area contributed by atoms with E-state index < -0.39 is 11.3 Å². The molecule has 0 saturated carbocycles. The van der Waals surface area contributed by atoms with Crippen LogP contribution in [0.4, 0.5) is 11.6 Å². The first kappa shape index (κ1) is 22.9. The highest BCUT2D eigenvalue weighted by Crippen LogP contribution is 2.20. The summed E-state index contributed by atoms with van der Waals surface area (Å²) in [6, 6.07) is 8.16. The fourth-order valence-corrected chi connectivity index (χ4v) is 4.03. The fraction of sp³-hybridized carbons (Fsp3) is 0.417. The molecular weight excluding hydrogens is 420 g/mol. The summed E-state index contributed by atoms with van der Waals surface area (Å²) < 4.78 is 7.17. The van der Waals surface area contributed by atoms with Gasteiger partial charge in [0, 0.05) is 37.2 Å². The number of primary amides is 1. The van der Waals surface area contributed by atoms with Gasteiger partial charge in [-0.1, -0.05) is 12.1 Å². The van der Waals surface area contributed by atoms with Gasteiger partial charge in [0.25, 0.3) is 5.91 Å². The predicted octanol–water partition coefficient (Wildman–Crippen LogP) is 2.48. The van der Waals surface area contributed by atoms with Crippen LogP contribution in [0, 0.1) is 0 Å². The van der Waals surface area contributed by atoms with E-state index in [1.807, 2.05) is 26.0 Å². The average Bonchev–Trinajstić information content (AvgIpc) is 2.80. The number of pyridine rings is 1. The maximum Gasteiger partial charge on any atom is 0.254 e. The number of morpholine rings is 1. The Morgan fingerprint density at radius 2 is 2.06 bits per heavy atom. The number of amides is 1. The van der Waals surface area contributed by atoms with Crippen molar-refractivity contribution in [2.24, 2.45) is 5.73 Å². The van der Waals surface area contributed by atoms with Crippen molar-refractivity contribution in [2.45, 2.75) is 32.7 Å². The molecule has 0 atom stereocenters. The SMILES string of the molecule is CC(C)n1cc(C(N)=O)c(=O)c2cnc(Nc3cccc(CCCN4CCOCC4)c3)nc21. The zero-order chi connectivity index (χ0) is 23.4. The lowest BCUT2D eigenvalue weighted by Crippen LogP contribution is -2.36. The predicted molar refractivity (Wildman–Crippen MR) is 128 cm³/mol. The number of hydrogen-bond donors (Lipinski definition) is 2. The zero-order valence-corrected chi connectivity index (χ0v) is 19.1. The number of rotatable bonds is 8. The van der Waals surface area contributed by atoms with Crippen LogP contribution >= 0.6 is 0 Å². The first-order valence-electron chi connectivity index (χ1n) is 11.3. The van der Waals surface area contributed by atoms with Crippen molar-refractivity contribution in [3.8, 4) is 0 Å². The summed E-state index contributed by atoms with van der Waals surface area (Å²) in [5.41, 5.74) is 7.44. The van der Waals surface area contributed by atoms with Gasteiger partial charge in [0.15, 0.2) is 0 Å². The van der Waals surface area contributed by atoms with Crippen LogP contribution in [0.25, 0.3) is 11.0 Å². The topological polar surface area (TPSA) is 115 Å². The van der Waals surface area contributed by atoms with E-state index in [0.717, 1.165) is 51.4 Å². The lowest BCUT2D eigenvalue weighted by Gasteiger charge is -2.26. The second-order valence-electron chi connectivity index (χ2n) is 8.55. The van der Waals surface area contributed by atoms with Crippen molar-refractivity contribution >= 4 is 28.6 Å². The molecule has 1 fully saturated rings. The van der Waals surface area contributed by atoms with Gasteiger partial charge in [-0.2, -0.15) is 4.98 Å². The standard InChI is InChI=1S/C24H30N6O3/c1-16(2)30-15-20(22(25)32)21(31)19-14-26-24(28-23(19)30)27-18-7-3-5-17(13-18)6-4-8-29-9-11-33-12-10-29/h3,5,7,13-16H,4,6,8-12H2,1-2H3,(H2,25,32)(H,26,27,28). The highest BCUT2D eigenvalue weighted by atomic mass is 16.5. The Kier molecular flexibility index (Phi) is 7.00. The van der Waals surface area contributed by atoms with Crippen LogP contribution in [0.15, 0.2) is 41.5 Å². The van der Waals surface area contributed by atoms with E-state index in [-0.39, 0.29) is 17.0 Å². The molecule has 0 unspecified atom stereocenters. The van der Waals surface area contributed by atoms with Crippen LogP contribution in [0.5, 0.6) is 0 Å². The minimum absolute atomic E-state index is 0.0243. The van der Waals surface area contributed by atoms with Crippen molar-refractivity contribution in [3.63, 3.8) is 0 Å². The molecule has 0 aliphatic carbocycles. The molecule has 9 heteroatoms. The quantitative estimate of drug-likeness (QED) is 0.542. The fourth-order valence-electron chi connectivity index (χ4n) is 4.03. The Hall–Kier alpha value is -3.30. The number of aryl methyl sites for hydroxylation is 1. The third-order valence-corrected chi connectivity index (χ3v) is 5.82. The van der Waals surface area contributed by atoms with Gasteiger partial charge in [-0.15, -0.1) is 0 Å². The molecule has 0 spiro atoms. The van der Waals surface area contributed by atoms with Gasteiger partial charge in [0.2, 0.25) is 11.4 Å². The van der Waals surface area contributed by atoms with Crippen LogP contribution in [-0.4, -0.2) is 58.2 Å². The molecule has 3 heterocycles. The van der Waals surface area contributed by atoms with E-state index in [9.17, 15) is 9.59 Å². The highest BCUT2D eigenvalue weighted by molar-refractivity contribution is 5.95. The molecule has 174 valence electrons. The lowest BCUT2D eigenvalue weighted by atomic mass is 10.1. The van der Waals surface area contributed by atoms with E-state index in [4.69, 9.17) is 10.5 Å². The number of fused-ring (bicyclic) bond motifs is 1. The number of benzene rings is 1. The molecule has 1 aliphatic heterocycles.